The molecule has 1 unspecified atom stereocenters. The lowest BCUT2D eigenvalue weighted by molar-refractivity contribution is 0.247. The highest BCUT2D eigenvalue weighted by Crippen LogP contribution is 2.16. The smallest absolute Gasteiger partial charge is 0.334 e. The lowest BCUT2D eigenvalue weighted by Crippen LogP contribution is -2.38. The first-order valence-electron chi connectivity index (χ1n) is 6.49. The van der Waals surface area contributed by atoms with Crippen LogP contribution in [0.3, 0.4) is 0 Å². The summed E-state index contributed by atoms with van der Waals surface area (Å²) in [5, 5.41) is 0. The van der Waals surface area contributed by atoms with Crippen molar-refractivity contribution in [2.45, 2.75) is 37.9 Å². The van der Waals surface area contributed by atoms with Crippen LogP contribution < -0.4 is 5.73 Å². The normalized spacial score (nSPS) is 13.6. The molecular formula is C14H25NO2Si. The van der Waals surface area contributed by atoms with Crippen LogP contribution in [0.5, 0.6) is 0 Å². The third-order valence-corrected chi connectivity index (χ3v) is 6.40. The van der Waals surface area contributed by atoms with E-state index in [9.17, 15) is 0 Å². The van der Waals surface area contributed by atoms with Gasteiger partial charge in [0.05, 0.1) is 0 Å². The van der Waals surface area contributed by atoms with Gasteiger partial charge in [-0.2, -0.15) is 0 Å². The molecule has 102 valence electrons. The van der Waals surface area contributed by atoms with E-state index in [1.807, 2.05) is 6.07 Å². The average molecular weight is 267 g/mol. The van der Waals surface area contributed by atoms with Crippen molar-refractivity contribution in [1.29, 1.82) is 0 Å². The zero-order valence-corrected chi connectivity index (χ0v) is 12.7. The fraction of sp³-hybridized carbons (Fsp3) is 0.571. The minimum Gasteiger partial charge on any atom is -0.398 e. The zero-order valence-electron chi connectivity index (χ0n) is 11.7. The molecule has 0 spiro atoms. The van der Waals surface area contributed by atoms with Crippen LogP contribution in [0.25, 0.3) is 0 Å². The summed E-state index contributed by atoms with van der Waals surface area (Å²) < 4.78 is 10.9. The van der Waals surface area contributed by atoms with E-state index in [4.69, 9.17) is 14.6 Å². The summed E-state index contributed by atoms with van der Waals surface area (Å²) in [5.41, 5.74) is 7.50. The zero-order chi connectivity index (χ0) is 13.4. The monoisotopic (exact) mass is 267 g/mol. The Balaban J connectivity index is 2.28. The van der Waals surface area contributed by atoms with Gasteiger partial charge in [0.15, 0.2) is 0 Å². The quantitative estimate of drug-likeness (QED) is 0.737. The predicted octanol–water partition coefficient (Wildman–Crippen LogP) is 2.70. The Bertz CT molecular complexity index is 328. The third-order valence-electron chi connectivity index (χ3n) is 3.48. The van der Waals surface area contributed by atoms with Crippen LogP contribution in [0.15, 0.2) is 30.3 Å². The molecule has 0 amide bonds. The Morgan fingerprint density at radius 2 is 1.72 bits per heavy atom. The Kier molecular flexibility index (Phi) is 6.57. The van der Waals surface area contributed by atoms with Crippen LogP contribution in [-0.4, -0.2) is 28.8 Å². The highest BCUT2D eigenvalue weighted by Gasteiger charge is 2.28. The molecule has 1 aromatic carbocycles. The van der Waals surface area contributed by atoms with Gasteiger partial charge in [0.25, 0.3) is 0 Å². The van der Waals surface area contributed by atoms with Crippen molar-refractivity contribution >= 4 is 8.56 Å². The number of benzene rings is 1. The van der Waals surface area contributed by atoms with Gasteiger partial charge in [-0.3, -0.25) is 0 Å². The van der Waals surface area contributed by atoms with Gasteiger partial charge in [-0.15, -0.1) is 0 Å². The Hall–Kier alpha value is -0.683. The Morgan fingerprint density at radius 3 is 2.28 bits per heavy atom. The predicted molar refractivity (Wildman–Crippen MR) is 77.8 cm³/mol. The number of aryl methyl sites for hydroxylation is 1. The van der Waals surface area contributed by atoms with Gasteiger partial charge in [-0.25, -0.2) is 0 Å². The summed E-state index contributed by atoms with van der Waals surface area (Å²) in [4.78, 5) is 0. The molecule has 0 fully saturated rings. The minimum absolute atomic E-state index is 0.224. The van der Waals surface area contributed by atoms with Crippen molar-refractivity contribution in [3.05, 3.63) is 35.9 Å². The van der Waals surface area contributed by atoms with Crippen molar-refractivity contribution in [3.63, 3.8) is 0 Å². The largest absolute Gasteiger partial charge is 0.398 e. The van der Waals surface area contributed by atoms with Crippen LogP contribution in [0.1, 0.15) is 18.4 Å². The van der Waals surface area contributed by atoms with E-state index in [1.54, 1.807) is 14.2 Å². The van der Waals surface area contributed by atoms with Crippen LogP contribution in [0.4, 0.5) is 0 Å². The van der Waals surface area contributed by atoms with Crippen LogP contribution in [-0.2, 0) is 15.3 Å². The van der Waals surface area contributed by atoms with Crippen LogP contribution in [0.2, 0.25) is 12.6 Å². The van der Waals surface area contributed by atoms with Gasteiger partial charge in [0.2, 0.25) is 0 Å². The molecule has 0 saturated carbocycles. The summed E-state index contributed by atoms with van der Waals surface area (Å²) in [5.74, 6) is 0. The molecule has 18 heavy (non-hydrogen) atoms. The number of nitrogens with two attached hydrogens (primary N) is 1. The lowest BCUT2D eigenvalue weighted by Gasteiger charge is -2.24. The molecule has 1 rings (SSSR count). The van der Waals surface area contributed by atoms with Crippen molar-refractivity contribution in [2.24, 2.45) is 5.73 Å². The van der Waals surface area contributed by atoms with E-state index >= 15 is 0 Å². The minimum atomic E-state index is -1.95. The summed E-state index contributed by atoms with van der Waals surface area (Å²) in [6.07, 6.45) is 3.03. The third kappa shape index (κ3) is 5.31. The van der Waals surface area contributed by atoms with Crippen molar-refractivity contribution in [3.8, 4) is 0 Å². The molecule has 3 nitrogen and oxygen atoms in total. The topological polar surface area (TPSA) is 44.5 Å². The van der Waals surface area contributed by atoms with Crippen molar-refractivity contribution in [2.75, 3.05) is 14.2 Å². The second kappa shape index (κ2) is 7.69. The molecule has 0 aliphatic rings. The van der Waals surface area contributed by atoms with E-state index in [0.29, 0.717) is 0 Å². The molecule has 0 aromatic heterocycles. The van der Waals surface area contributed by atoms with E-state index in [1.165, 1.54) is 5.56 Å². The standard InChI is InChI=1S/C14H25NO2Si/c1-16-18(3,17-2)12-11-14(15)10-9-13-7-5-4-6-8-13/h4-8,14H,9-12,15H2,1-3H3. The van der Waals surface area contributed by atoms with Gasteiger partial charge < -0.3 is 14.6 Å². The first-order chi connectivity index (χ1) is 8.59. The van der Waals surface area contributed by atoms with Crippen molar-refractivity contribution < 1.29 is 8.85 Å². The summed E-state index contributed by atoms with van der Waals surface area (Å²) in [7, 11) is 1.51. The fourth-order valence-corrected chi connectivity index (χ4v) is 3.35. The number of rotatable bonds is 8. The van der Waals surface area contributed by atoms with E-state index < -0.39 is 8.56 Å². The molecule has 4 heteroatoms. The molecule has 1 aromatic rings. The lowest BCUT2D eigenvalue weighted by atomic mass is 10.0. The molecule has 1 atom stereocenters. The molecule has 0 aliphatic heterocycles. The molecular weight excluding hydrogens is 242 g/mol. The van der Waals surface area contributed by atoms with Crippen LogP contribution in [0, 0.1) is 0 Å². The molecule has 0 saturated heterocycles. The first-order valence-corrected chi connectivity index (χ1v) is 9.02. The summed E-state index contributed by atoms with van der Waals surface area (Å²) in [6.45, 7) is 2.08. The Morgan fingerprint density at radius 1 is 1.11 bits per heavy atom. The van der Waals surface area contributed by atoms with E-state index in [0.717, 1.165) is 25.3 Å². The van der Waals surface area contributed by atoms with Crippen molar-refractivity contribution in [1.82, 2.24) is 0 Å². The van der Waals surface area contributed by atoms with E-state index in [-0.39, 0.29) is 6.04 Å². The Labute approximate surface area is 112 Å². The van der Waals surface area contributed by atoms with Gasteiger partial charge in [-0.05, 0) is 37.4 Å². The number of hydrogen-bond acceptors (Lipinski definition) is 3. The van der Waals surface area contributed by atoms with Gasteiger partial charge in [-0.1, -0.05) is 30.3 Å². The summed E-state index contributed by atoms with van der Waals surface area (Å²) >= 11 is 0. The van der Waals surface area contributed by atoms with Crippen LogP contribution >= 0.6 is 0 Å². The molecule has 0 heterocycles. The molecule has 0 aliphatic carbocycles. The average Bonchev–Trinajstić information content (AvgIpc) is 2.43. The SMILES string of the molecule is CO[Si](C)(CCC(N)CCc1ccccc1)OC. The molecule has 2 N–H and O–H groups in total. The maximum absolute atomic E-state index is 6.15. The van der Waals surface area contributed by atoms with Gasteiger partial charge >= 0.3 is 8.56 Å². The first kappa shape index (κ1) is 15.4. The highest BCUT2D eigenvalue weighted by atomic mass is 28.4. The second-order valence-corrected chi connectivity index (χ2v) is 8.45. The molecule has 0 radical (unpaired) electrons. The summed E-state index contributed by atoms with van der Waals surface area (Å²) in [6, 6.07) is 11.7. The van der Waals surface area contributed by atoms with Gasteiger partial charge in [0.1, 0.15) is 0 Å². The number of hydrogen-bond donors (Lipinski definition) is 1. The van der Waals surface area contributed by atoms with E-state index in [2.05, 4.69) is 30.8 Å². The highest BCUT2D eigenvalue weighted by molar-refractivity contribution is 6.65. The fourth-order valence-electron chi connectivity index (χ4n) is 1.88. The maximum Gasteiger partial charge on any atom is 0.334 e. The maximum atomic E-state index is 6.15. The molecule has 0 bridgehead atoms. The second-order valence-electron chi connectivity index (χ2n) is 4.87. The van der Waals surface area contributed by atoms with Gasteiger partial charge in [0, 0.05) is 20.3 Å².